The molecule has 130 valence electrons. The lowest BCUT2D eigenvalue weighted by Gasteiger charge is -2.19. The molecule has 0 fully saturated rings. The fraction of sp³-hybridized carbons (Fsp3) is 0.158. The van der Waals surface area contributed by atoms with Gasteiger partial charge in [0.25, 0.3) is 0 Å². The average Bonchev–Trinajstić information content (AvgIpc) is 3.28. The Balaban J connectivity index is 1.83. The molecule has 4 nitrogen and oxygen atoms in total. The summed E-state index contributed by atoms with van der Waals surface area (Å²) in [4.78, 5) is 0.996. The average molecular weight is 373 g/mol. The van der Waals surface area contributed by atoms with E-state index in [1.54, 1.807) is 36.0 Å². The predicted octanol–water partition coefficient (Wildman–Crippen LogP) is 4.65. The van der Waals surface area contributed by atoms with Crippen LogP contribution in [0.2, 0.25) is 0 Å². The van der Waals surface area contributed by atoms with E-state index in [2.05, 4.69) is 0 Å². The van der Waals surface area contributed by atoms with E-state index in [0.29, 0.717) is 6.54 Å². The second kappa shape index (κ2) is 7.82. The fourth-order valence-corrected chi connectivity index (χ4v) is 4.28. The van der Waals surface area contributed by atoms with Crippen LogP contribution in [0.15, 0.2) is 70.2 Å². The maximum Gasteiger partial charge on any atom is 0.236 e. The molecule has 1 aromatic carbocycles. The van der Waals surface area contributed by atoms with Gasteiger partial charge in [-0.15, -0.1) is 11.3 Å². The molecule has 3 aromatic rings. The maximum atomic E-state index is 12.8. The molecule has 2 aromatic heterocycles. The number of hydrogen-bond donors (Lipinski definition) is 0. The number of hydrogen-bond acceptors (Lipinski definition) is 4. The van der Waals surface area contributed by atoms with Crippen molar-refractivity contribution in [2.75, 3.05) is 0 Å². The molecule has 0 radical (unpaired) electrons. The van der Waals surface area contributed by atoms with E-state index >= 15 is 0 Å². The van der Waals surface area contributed by atoms with Crippen molar-refractivity contribution in [1.29, 1.82) is 0 Å². The summed E-state index contributed by atoms with van der Waals surface area (Å²) < 4.78 is 32.2. The van der Waals surface area contributed by atoms with Gasteiger partial charge in [-0.1, -0.05) is 35.9 Å². The molecule has 0 saturated heterocycles. The van der Waals surface area contributed by atoms with Crippen molar-refractivity contribution in [1.82, 2.24) is 4.31 Å². The molecular weight excluding hydrogens is 354 g/mol. The van der Waals surface area contributed by atoms with E-state index in [4.69, 9.17) is 4.42 Å². The van der Waals surface area contributed by atoms with Crippen molar-refractivity contribution in [3.8, 4) is 0 Å². The van der Waals surface area contributed by atoms with Gasteiger partial charge in [-0.2, -0.15) is 4.31 Å². The molecule has 0 saturated carbocycles. The second-order valence-electron chi connectivity index (χ2n) is 5.74. The number of thiophene rings is 1. The lowest BCUT2D eigenvalue weighted by atomic mass is 10.2. The van der Waals surface area contributed by atoms with Gasteiger partial charge in [-0.05, 0) is 36.1 Å². The first-order chi connectivity index (χ1) is 12.0. The first-order valence-corrected chi connectivity index (χ1v) is 10.2. The van der Waals surface area contributed by atoms with Crippen LogP contribution in [-0.4, -0.2) is 12.7 Å². The highest BCUT2D eigenvalue weighted by atomic mass is 32.2. The SMILES string of the molecule is Cc1ccc(C=CS(=O)(=O)N(Cc2ccoc2)Cc2cccs2)cc1. The lowest BCUT2D eigenvalue weighted by molar-refractivity contribution is 0.408. The third-order valence-electron chi connectivity index (χ3n) is 3.72. The quantitative estimate of drug-likeness (QED) is 0.605. The Labute approximate surface area is 152 Å². The van der Waals surface area contributed by atoms with Crippen LogP contribution in [0.3, 0.4) is 0 Å². The minimum absolute atomic E-state index is 0.273. The number of nitrogens with zero attached hydrogens (tertiary/aromatic N) is 1. The van der Waals surface area contributed by atoms with E-state index in [1.807, 2.05) is 48.7 Å². The van der Waals surface area contributed by atoms with Crippen molar-refractivity contribution in [2.45, 2.75) is 20.0 Å². The summed E-state index contributed by atoms with van der Waals surface area (Å²) in [6, 6.07) is 13.4. The molecule has 0 N–H and O–H groups in total. The Bertz CT molecular complexity index is 873. The van der Waals surface area contributed by atoms with Crippen LogP contribution in [0.4, 0.5) is 0 Å². The highest BCUT2D eigenvalue weighted by molar-refractivity contribution is 7.92. The Hall–Kier alpha value is -2.15. The van der Waals surface area contributed by atoms with Crippen LogP contribution in [-0.2, 0) is 23.1 Å². The zero-order valence-electron chi connectivity index (χ0n) is 13.8. The third kappa shape index (κ3) is 4.92. The molecule has 25 heavy (non-hydrogen) atoms. The first kappa shape index (κ1) is 17.7. The Kier molecular flexibility index (Phi) is 5.53. The van der Waals surface area contributed by atoms with Crippen LogP contribution in [0.1, 0.15) is 21.6 Å². The van der Waals surface area contributed by atoms with Crippen LogP contribution in [0.25, 0.3) is 6.08 Å². The molecular formula is C19H19NO3S2. The van der Waals surface area contributed by atoms with Crippen molar-refractivity contribution in [3.05, 3.63) is 87.3 Å². The topological polar surface area (TPSA) is 50.5 Å². The van der Waals surface area contributed by atoms with Gasteiger partial charge >= 0.3 is 0 Å². The van der Waals surface area contributed by atoms with Crippen LogP contribution in [0, 0.1) is 6.92 Å². The minimum atomic E-state index is -3.57. The van der Waals surface area contributed by atoms with E-state index in [9.17, 15) is 8.42 Å². The normalized spacial score (nSPS) is 12.2. The highest BCUT2D eigenvalue weighted by Gasteiger charge is 2.21. The standard InChI is InChI=1S/C19H19NO3S2/c1-16-4-6-17(7-5-16)9-12-25(21,22)20(13-18-8-10-23-15-18)14-19-3-2-11-24-19/h2-12,15H,13-14H2,1H3. The van der Waals surface area contributed by atoms with Gasteiger partial charge in [0, 0.05) is 28.9 Å². The van der Waals surface area contributed by atoms with Crippen molar-refractivity contribution >= 4 is 27.4 Å². The lowest BCUT2D eigenvalue weighted by Crippen LogP contribution is -2.28. The molecule has 0 aliphatic heterocycles. The number of rotatable bonds is 7. The van der Waals surface area contributed by atoms with E-state index in [0.717, 1.165) is 21.6 Å². The third-order valence-corrected chi connectivity index (χ3v) is 6.04. The number of sulfonamides is 1. The monoisotopic (exact) mass is 373 g/mol. The zero-order valence-corrected chi connectivity index (χ0v) is 15.5. The molecule has 0 aliphatic carbocycles. The molecule has 6 heteroatoms. The Morgan fingerprint density at radius 2 is 1.92 bits per heavy atom. The number of aryl methyl sites for hydroxylation is 1. The molecule has 0 unspecified atom stereocenters. The van der Waals surface area contributed by atoms with Gasteiger partial charge < -0.3 is 4.42 Å². The first-order valence-electron chi connectivity index (χ1n) is 7.81. The Morgan fingerprint density at radius 3 is 2.56 bits per heavy atom. The predicted molar refractivity (Wildman–Crippen MR) is 101 cm³/mol. The van der Waals surface area contributed by atoms with Crippen LogP contribution >= 0.6 is 11.3 Å². The van der Waals surface area contributed by atoms with Gasteiger partial charge in [-0.3, -0.25) is 0 Å². The van der Waals surface area contributed by atoms with Crippen molar-refractivity contribution < 1.29 is 12.8 Å². The molecule has 0 aliphatic rings. The van der Waals surface area contributed by atoms with Gasteiger partial charge in [0.15, 0.2) is 0 Å². The highest BCUT2D eigenvalue weighted by Crippen LogP contribution is 2.19. The van der Waals surface area contributed by atoms with Crippen molar-refractivity contribution in [3.63, 3.8) is 0 Å². The molecule has 0 atom stereocenters. The van der Waals surface area contributed by atoms with E-state index in [1.165, 1.54) is 9.71 Å². The summed E-state index contributed by atoms with van der Waals surface area (Å²) in [5.41, 5.74) is 2.82. The summed E-state index contributed by atoms with van der Waals surface area (Å²) in [5, 5.41) is 3.21. The van der Waals surface area contributed by atoms with Gasteiger partial charge in [-0.25, -0.2) is 8.42 Å². The van der Waals surface area contributed by atoms with E-state index in [-0.39, 0.29) is 6.54 Å². The smallest absolute Gasteiger partial charge is 0.236 e. The maximum absolute atomic E-state index is 12.8. The van der Waals surface area contributed by atoms with Crippen LogP contribution in [0.5, 0.6) is 0 Å². The summed E-state index contributed by atoms with van der Waals surface area (Å²) in [7, 11) is -3.57. The van der Waals surface area contributed by atoms with Gasteiger partial charge in [0.05, 0.1) is 12.5 Å². The minimum Gasteiger partial charge on any atom is -0.472 e. The zero-order chi connectivity index (χ0) is 17.7. The van der Waals surface area contributed by atoms with Crippen molar-refractivity contribution in [2.24, 2.45) is 0 Å². The molecule has 2 heterocycles. The van der Waals surface area contributed by atoms with Gasteiger partial charge in [0.1, 0.15) is 0 Å². The number of furan rings is 1. The summed E-state index contributed by atoms with van der Waals surface area (Å²) in [6.07, 6.45) is 4.75. The van der Waals surface area contributed by atoms with Gasteiger partial charge in [0.2, 0.25) is 10.0 Å². The van der Waals surface area contributed by atoms with Crippen LogP contribution < -0.4 is 0 Å². The number of benzene rings is 1. The molecule has 0 amide bonds. The molecule has 3 rings (SSSR count). The summed E-state index contributed by atoms with van der Waals surface area (Å²) in [6.45, 7) is 2.61. The molecule has 0 bridgehead atoms. The largest absolute Gasteiger partial charge is 0.472 e. The second-order valence-corrected chi connectivity index (χ2v) is 8.59. The Morgan fingerprint density at radius 1 is 1.12 bits per heavy atom. The molecule has 0 spiro atoms. The summed E-state index contributed by atoms with van der Waals surface area (Å²) >= 11 is 1.54. The fourth-order valence-electron chi connectivity index (χ4n) is 2.33. The summed E-state index contributed by atoms with van der Waals surface area (Å²) in [5.74, 6) is 0. The van der Waals surface area contributed by atoms with E-state index < -0.39 is 10.0 Å².